The molecule has 1 atom stereocenters. The molecule has 0 aliphatic rings. The molecule has 0 fully saturated rings. The molecule has 4 aromatic rings. The number of rotatable bonds is 13. The minimum atomic E-state index is -0.331. The molecule has 0 saturated carbocycles. The summed E-state index contributed by atoms with van der Waals surface area (Å²) in [5.74, 6) is 1.66. The maximum absolute atomic E-state index is 9.16. The van der Waals surface area contributed by atoms with Crippen LogP contribution in [0.25, 0.3) is 0 Å². The van der Waals surface area contributed by atoms with E-state index in [1.54, 1.807) is 0 Å². The fourth-order valence-corrected chi connectivity index (χ4v) is 5.21. The van der Waals surface area contributed by atoms with Crippen molar-refractivity contribution in [2.45, 2.75) is 31.1 Å². The van der Waals surface area contributed by atoms with Gasteiger partial charge in [0.1, 0.15) is 24.7 Å². The zero-order valence-corrected chi connectivity index (χ0v) is 21.4. The second kappa shape index (κ2) is 13.1. The van der Waals surface area contributed by atoms with Gasteiger partial charge in [-0.2, -0.15) is 0 Å². The summed E-state index contributed by atoms with van der Waals surface area (Å²) in [5, 5.41) is 18.3. The Morgan fingerprint density at radius 2 is 1.08 bits per heavy atom. The van der Waals surface area contributed by atoms with Crippen LogP contribution >= 0.6 is 0 Å². The van der Waals surface area contributed by atoms with Gasteiger partial charge in [0, 0.05) is 5.41 Å². The van der Waals surface area contributed by atoms with E-state index in [9.17, 15) is 0 Å². The Kier molecular flexibility index (Phi) is 9.36. The Labute approximate surface area is 220 Å². The van der Waals surface area contributed by atoms with Crippen molar-refractivity contribution in [3.05, 3.63) is 131 Å². The monoisotopic (exact) mass is 496 g/mol. The molecule has 0 aliphatic heterocycles. The second-order valence-corrected chi connectivity index (χ2v) is 9.28. The Morgan fingerprint density at radius 3 is 1.54 bits per heavy atom. The summed E-state index contributed by atoms with van der Waals surface area (Å²) in [7, 11) is 0. The van der Waals surface area contributed by atoms with E-state index in [0.717, 1.165) is 24.3 Å². The summed E-state index contributed by atoms with van der Waals surface area (Å²) in [6.45, 7) is 2.83. The van der Waals surface area contributed by atoms with E-state index >= 15 is 0 Å². The lowest BCUT2D eigenvalue weighted by Gasteiger charge is -2.41. The molecular weight excluding hydrogens is 460 g/mol. The molecule has 1 unspecified atom stereocenters. The van der Waals surface area contributed by atoms with Gasteiger partial charge >= 0.3 is 0 Å². The number of aliphatic hydroxyl groups excluding tert-OH is 2. The third-order valence-corrected chi connectivity index (χ3v) is 7.15. The highest BCUT2D eigenvalue weighted by atomic mass is 16.5. The van der Waals surface area contributed by atoms with E-state index in [0.29, 0.717) is 0 Å². The van der Waals surface area contributed by atoms with Gasteiger partial charge in [-0.3, -0.25) is 0 Å². The Balaban J connectivity index is 1.83. The van der Waals surface area contributed by atoms with E-state index in [4.69, 9.17) is 19.7 Å². The van der Waals surface area contributed by atoms with Crippen LogP contribution in [0.15, 0.2) is 109 Å². The van der Waals surface area contributed by atoms with Gasteiger partial charge in [-0.25, -0.2) is 0 Å². The number of hydrogen-bond donors (Lipinski definition) is 2. The van der Waals surface area contributed by atoms with Crippen LogP contribution in [-0.4, -0.2) is 36.6 Å². The average molecular weight is 497 g/mol. The fraction of sp³-hybridized carbons (Fsp3) is 0.273. The zero-order chi connectivity index (χ0) is 25.9. The summed E-state index contributed by atoms with van der Waals surface area (Å²) >= 11 is 0. The first kappa shape index (κ1) is 26.5. The molecule has 4 aromatic carbocycles. The molecule has 0 aliphatic carbocycles. The molecular formula is C33H36O4. The molecule has 0 saturated heterocycles. The molecule has 0 spiro atoms. The van der Waals surface area contributed by atoms with E-state index in [-0.39, 0.29) is 37.8 Å². The second-order valence-electron chi connectivity index (χ2n) is 9.28. The first-order chi connectivity index (χ1) is 18.2. The van der Waals surface area contributed by atoms with Gasteiger partial charge in [0.15, 0.2) is 0 Å². The summed E-state index contributed by atoms with van der Waals surface area (Å²) in [4.78, 5) is 0. The van der Waals surface area contributed by atoms with Crippen LogP contribution in [0.4, 0.5) is 0 Å². The molecule has 0 heterocycles. The number of aryl methyl sites for hydroxylation is 1. The van der Waals surface area contributed by atoms with Crippen molar-refractivity contribution in [3.8, 4) is 11.5 Å². The molecule has 4 heteroatoms. The number of benzene rings is 4. The van der Waals surface area contributed by atoms with Gasteiger partial charge in [-0.15, -0.1) is 0 Å². The van der Waals surface area contributed by atoms with Crippen LogP contribution in [0.3, 0.4) is 0 Å². The topological polar surface area (TPSA) is 58.9 Å². The predicted octanol–water partition coefficient (Wildman–Crippen LogP) is 6.15. The first-order valence-electron chi connectivity index (χ1n) is 12.9. The van der Waals surface area contributed by atoms with Crippen molar-refractivity contribution in [2.75, 3.05) is 26.4 Å². The van der Waals surface area contributed by atoms with Gasteiger partial charge in [0.05, 0.1) is 13.2 Å². The van der Waals surface area contributed by atoms with Crippen molar-refractivity contribution in [1.82, 2.24) is 0 Å². The predicted molar refractivity (Wildman–Crippen MR) is 148 cm³/mol. The van der Waals surface area contributed by atoms with Crippen LogP contribution < -0.4 is 9.47 Å². The normalized spacial score (nSPS) is 12.2. The Bertz CT molecular complexity index is 1140. The largest absolute Gasteiger partial charge is 0.491 e. The molecule has 4 rings (SSSR count). The van der Waals surface area contributed by atoms with E-state index in [1.165, 1.54) is 22.3 Å². The Hall–Kier alpha value is -3.60. The lowest BCUT2D eigenvalue weighted by Crippen LogP contribution is -2.34. The van der Waals surface area contributed by atoms with Gasteiger partial charge < -0.3 is 19.7 Å². The third-order valence-electron chi connectivity index (χ3n) is 7.15. The third kappa shape index (κ3) is 6.40. The van der Waals surface area contributed by atoms with Gasteiger partial charge in [0.2, 0.25) is 0 Å². The van der Waals surface area contributed by atoms with Crippen molar-refractivity contribution in [2.24, 2.45) is 0 Å². The van der Waals surface area contributed by atoms with Crippen LogP contribution in [0.1, 0.15) is 41.5 Å². The SMILES string of the molecule is CC(c1ccccc1)C(CCc1ccccc1)(c1ccc(OCCO)cc1)c1ccc(OCCO)cc1. The molecule has 37 heavy (non-hydrogen) atoms. The highest BCUT2D eigenvalue weighted by molar-refractivity contribution is 5.48. The number of aliphatic hydroxyl groups is 2. The maximum atomic E-state index is 9.16. The lowest BCUT2D eigenvalue weighted by atomic mass is 9.61. The van der Waals surface area contributed by atoms with Gasteiger partial charge in [-0.05, 0) is 65.3 Å². The summed E-state index contributed by atoms with van der Waals surface area (Å²) in [6.07, 6.45) is 1.82. The summed E-state index contributed by atoms with van der Waals surface area (Å²) in [5.41, 5.74) is 4.66. The lowest BCUT2D eigenvalue weighted by molar-refractivity contribution is 0.201. The molecule has 0 radical (unpaired) electrons. The van der Waals surface area contributed by atoms with E-state index in [1.807, 2.05) is 24.3 Å². The summed E-state index contributed by atoms with van der Waals surface area (Å²) < 4.78 is 11.3. The minimum Gasteiger partial charge on any atom is -0.491 e. The molecule has 0 amide bonds. The maximum Gasteiger partial charge on any atom is 0.119 e. The molecule has 0 aromatic heterocycles. The standard InChI is InChI=1S/C33H36O4/c1-26(28-10-6-3-7-11-28)33(21-20-27-8-4-2-5-9-27,29-12-16-31(17-13-29)36-24-22-34)30-14-18-32(19-15-30)37-25-23-35/h2-19,26,34-35H,20-25H2,1H3. The van der Waals surface area contributed by atoms with Crippen LogP contribution in [0.2, 0.25) is 0 Å². The van der Waals surface area contributed by atoms with Crippen LogP contribution in [-0.2, 0) is 11.8 Å². The highest BCUT2D eigenvalue weighted by Gasteiger charge is 2.40. The highest BCUT2D eigenvalue weighted by Crippen LogP contribution is 2.48. The molecule has 0 bridgehead atoms. The first-order valence-corrected chi connectivity index (χ1v) is 12.9. The van der Waals surface area contributed by atoms with Crippen molar-refractivity contribution in [1.29, 1.82) is 0 Å². The van der Waals surface area contributed by atoms with Crippen molar-refractivity contribution in [3.63, 3.8) is 0 Å². The van der Waals surface area contributed by atoms with E-state index < -0.39 is 0 Å². The van der Waals surface area contributed by atoms with Crippen molar-refractivity contribution >= 4 is 0 Å². The smallest absolute Gasteiger partial charge is 0.119 e. The Morgan fingerprint density at radius 1 is 0.622 bits per heavy atom. The minimum absolute atomic E-state index is 0.0154. The van der Waals surface area contributed by atoms with Crippen molar-refractivity contribution < 1.29 is 19.7 Å². The van der Waals surface area contributed by atoms with Crippen LogP contribution in [0.5, 0.6) is 11.5 Å². The zero-order valence-electron chi connectivity index (χ0n) is 21.4. The van der Waals surface area contributed by atoms with Gasteiger partial charge in [-0.1, -0.05) is 91.9 Å². The van der Waals surface area contributed by atoms with Crippen LogP contribution in [0, 0.1) is 0 Å². The quantitative estimate of drug-likeness (QED) is 0.233. The fourth-order valence-electron chi connectivity index (χ4n) is 5.21. The molecule has 192 valence electrons. The number of hydrogen-bond acceptors (Lipinski definition) is 4. The average Bonchev–Trinajstić information content (AvgIpc) is 2.97. The molecule has 2 N–H and O–H groups in total. The number of ether oxygens (including phenoxy) is 2. The summed E-state index contributed by atoms with van der Waals surface area (Å²) in [6, 6.07) is 37.9. The van der Waals surface area contributed by atoms with E-state index in [2.05, 4.69) is 91.9 Å². The van der Waals surface area contributed by atoms with Gasteiger partial charge in [0.25, 0.3) is 0 Å². The molecule has 4 nitrogen and oxygen atoms in total.